The molecule has 2 fully saturated rings. The summed E-state index contributed by atoms with van der Waals surface area (Å²) in [7, 11) is 0. The zero-order chi connectivity index (χ0) is 13.4. The van der Waals surface area contributed by atoms with Crippen molar-refractivity contribution in [3.05, 3.63) is 33.3 Å². The third-order valence-electron chi connectivity index (χ3n) is 4.07. The SMILES string of the molecule is O=[N+]([O-])c1ccc(Cl)cc1N1C[C@@H]2CCCN[C@@H]2C1. The Morgan fingerprint density at radius 1 is 1.42 bits per heavy atom. The summed E-state index contributed by atoms with van der Waals surface area (Å²) in [6.07, 6.45) is 2.38. The number of anilines is 1. The summed E-state index contributed by atoms with van der Waals surface area (Å²) in [6.45, 7) is 2.75. The second kappa shape index (κ2) is 4.98. The first-order valence-electron chi connectivity index (χ1n) is 6.57. The highest BCUT2D eigenvalue weighted by Gasteiger charge is 2.36. The van der Waals surface area contributed by atoms with Gasteiger partial charge in [-0.1, -0.05) is 11.6 Å². The Balaban J connectivity index is 1.90. The molecule has 2 aliphatic rings. The molecule has 2 aliphatic heterocycles. The van der Waals surface area contributed by atoms with E-state index in [-0.39, 0.29) is 10.6 Å². The van der Waals surface area contributed by atoms with Crippen molar-refractivity contribution in [2.24, 2.45) is 5.92 Å². The number of rotatable bonds is 2. The molecule has 3 rings (SSSR count). The lowest BCUT2D eigenvalue weighted by atomic mass is 9.94. The maximum absolute atomic E-state index is 11.1. The molecule has 1 aromatic rings. The van der Waals surface area contributed by atoms with E-state index in [0.29, 0.717) is 22.7 Å². The molecule has 102 valence electrons. The molecule has 2 saturated heterocycles. The Hall–Kier alpha value is -1.33. The normalized spacial score (nSPS) is 26.3. The van der Waals surface area contributed by atoms with Crippen LogP contribution < -0.4 is 10.2 Å². The van der Waals surface area contributed by atoms with Crippen molar-refractivity contribution in [1.82, 2.24) is 5.32 Å². The van der Waals surface area contributed by atoms with E-state index in [1.54, 1.807) is 12.1 Å². The predicted molar refractivity (Wildman–Crippen MR) is 74.8 cm³/mol. The molecular weight excluding hydrogens is 266 g/mol. The minimum absolute atomic E-state index is 0.142. The van der Waals surface area contributed by atoms with Crippen molar-refractivity contribution in [2.45, 2.75) is 18.9 Å². The molecule has 0 unspecified atom stereocenters. The quantitative estimate of drug-likeness (QED) is 0.668. The monoisotopic (exact) mass is 281 g/mol. The maximum atomic E-state index is 11.1. The summed E-state index contributed by atoms with van der Waals surface area (Å²) >= 11 is 5.99. The molecule has 0 saturated carbocycles. The standard InChI is InChI=1S/C13H16ClN3O2/c14-10-3-4-12(17(18)19)13(6-10)16-7-9-2-1-5-15-11(9)8-16/h3-4,6,9,11,15H,1-2,5,7-8H2/t9-,11+/m0/s1. The molecule has 6 heteroatoms. The largest absolute Gasteiger partial charge is 0.364 e. The maximum Gasteiger partial charge on any atom is 0.292 e. The summed E-state index contributed by atoms with van der Waals surface area (Å²) in [5.74, 6) is 0.590. The van der Waals surface area contributed by atoms with Crippen molar-refractivity contribution < 1.29 is 4.92 Å². The minimum atomic E-state index is -0.332. The molecule has 0 bridgehead atoms. The van der Waals surface area contributed by atoms with E-state index < -0.39 is 0 Å². The molecule has 0 aromatic heterocycles. The highest BCUT2D eigenvalue weighted by molar-refractivity contribution is 6.31. The predicted octanol–water partition coefficient (Wildman–Crippen LogP) is 2.44. The van der Waals surface area contributed by atoms with Gasteiger partial charge in [0.1, 0.15) is 5.69 Å². The number of benzene rings is 1. The fourth-order valence-corrected chi connectivity index (χ4v) is 3.31. The number of hydrogen-bond donors (Lipinski definition) is 1. The molecule has 1 aromatic carbocycles. The first-order valence-corrected chi connectivity index (χ1v) is 6.95. The highest BCUT2D eigenvalue weighted by Crippen LogP contribution is 2.36. The summed E-state index contributed by atoms with van der Waals surface area (Å²) in [6, 6.07) is 5.22. The van der Waals surface area contributed by atoms with Crippen molar-refractivity contribution >= 4 is 23.0 Å². The Kier molecular flexibility index (Phi) is 3.33. The van der Waals surface area contributed by atoms with Gasteiger partial charge in [0, 0.05) is 30.2 Å². The van der Waals surface area contributed by atoms with Gasteiger partial charge in [-0.3, -0.25) is 10.1 Å². The lowest BCUT2D eigenvalue weighted by molar-refractivity contribution is -0.384. The van der Waals surface area contributed by atoms with E-state index in [0.717, 1.165) is 19.6 Å². The van der Waals surface area contributed by atoms with Gasteiger partial charge in [-0.25, -0.2) is 0 Å². The van der Waals surface area contributed by atoms with Gasteiger partial charge in [-0.2, -0.15) is 0 Å². The summed E-state index contributed by atoms with van der Waals surface area (Å²) in [5.41, 5.74) is 0.789. The molecule has 0 spiro atoms. The first kappa shape index (κ1) is 12.7. The number of nitro benzene ring substituents is 1. The number of piperidine rings is 1. The average molecular weight is 282 g/mol. The van der Waals surface area contributed by atoms with Gasteiger partial charge < -0.3 is 10.2 Å². The second-order valence-corrected chi connectivity index (χ2v) is 5.69. The zero-order valence-electron chi connectivity index (χ0n) is 10.5. The van der Waals surface area contributed by atoms with Crippen LogP contribution in [0.15, 0.2) is 18.2 Å². The van der Waals surface area contributed by atoms with Crippen LogP contribution in [0.4, 0.5) is 11.4 Å². The first-order chi connectivity index (χ1) is 9.15. The van der Waals surface area contributed by atoms with E-state index in [1.165, 1.54) is 18.9 Å². The molecular formula is C13H16ClN3O2. The third kappa shape index (κ3) is 2.40. The Morgan fingerprint density at radius 3 is 3.00 bits per heavy atom. The molecule has 1 N–H and O–H groups in total. The van der Waals surface area contributed by atoms with Crippen LogP contribution in [0.25, 0.3) is 0 Å². The van der Waals surface area contributed by atoms with Crippen LogP contribution >= 0.6 is 11.6 Å². The van der Waals surface area contributed by atoms with E-state index in [2.05, 4.69) is 10.2 Å². The van der Waals surface area contributed by atoms with Gasteiger partial charge in [0.2, 0.25) is 0 Å². The number of fused-ring (bicyclic) bond motifs is 1. The van der Waals surface area contributed by atoms with Crippen molar-refractivity contribution in [1.29, 1.82) is 0 Å². The van der Waals surface area contributed by atoms with Crippen LogP contribution in [0.5, 0.6) is 0 Å². The number of hydrogen-bond acceptors (Lipinski definition) is 4. The molecule has 19 heavy (non-hydrogen) atoms. The zero-order valence-corrected chi connectivity index (χ0v) is 11.3. The van der Waals surface area contributed by atoms with Gasteiger partial charge >= 0.3 is 0 Å². The van der Waals surface area contributed by atoms with E-state index >= 15 is 0 Å². The topological polar surface area (TPSA) is 58.4 Å². The Labute approximate surface area is 116 Å². The average Bonchev–Trinajstić information content (AvgIpc) is 2.81. The van der Waals surface area contributed by atoms with Crippen LogP contribution in [0.2, 0.25) is 5.02 Å². The van der Waals surface area contributed by atoms with Gasteiger partial charge in [0.05, 0.1) is 4.92 Å². The van der Waals surface area contributed by atoms with Crippen LogP contribution in [0.1, 0.15) is 12.8 Å². The van der Waals surface area contributed by atoms with Crippen LogP contribution in [0, 0.1) is 16.0 Å². The lowest BCUT2D eigenvalue weighted by Gasteiger charge is -2.24. The third-order valence-corrected chi connectivity index (χ3v) is 4.31. The number of nitrogens with zero attached hydrogens (tertiary/aromatic N) is 2. The highest BCUT2D eigenvalue weighted by atomic mass is 35.5. The lowest BCUT2D eigenvalue weighted by Crippen LogP contribution is -2.40. The van der Waals surface area contributed by atoms with E-state index in [1.807, 2.05) is 0 Å². The van der Waals surface area contributed by atoms with Gasteiger partial charge in [0.15, 0.2) is 0 Å². The number of nitrogens with one attached hydrogen (secondary N) is 1. The van der Waals surface area contributed by atoms with Gasteiger partial charge in [-0.05, 0) is 37.4 Å². The summed E-state index contributed by atoms with van der Waals surface area (Å²) in [5, 5.41) is 15.2. The second-order valence-electron chi connectivity index (χ2n) is 5.26. The molecule has 0 amide bonds. The summed E-state index contributed by atoms with van der Waals surface area (Å²) in [4.78, 5) is 12.9. The molecule has 2 heterocycles. The minimum Gasteiger partial charge on any atom is -0.364 e. The molecule has 5 nitrogen and oxygen atoms in total. The molecule has 0 aliphatic carbocycles. The summed E-state index contributed by atoms with van der Waals surface area (Å²) < 4.78 is 0. The van der Waals surface area contributed by atoms with Crippen molar-refractivity contribution in [2.75, 3.05) is 24.5 Å². The van der Waals surface area contributed by atoms with E-state index in [4.69, 9.17) is 11.6 Å². The fourth-order valence-electron chi connectivity index (χ4n) is 3.15. The van der Waals surface area contributed by atoms with Crippen LogP contribution in [-0.2, 0) is 0 Å². The fraction of sp³-hybridized carbons (Fsp3) is 0.538. The van der Waals surface area contributed by atoms with E-state index in [9.17, 15) is 10.1 Å². The van der Waals surface area contributed by atoms with Crippen molar-refractivity contribution in [3.63, 3.8) is 0 Å². The molecule has 2 atom stereocenters. The van der Waals surface area contributed by atoms with Gasteiger partial charge in [-0.15, -0.1) is 0 Å². The number of nitro groups is 1. The van der Waals surface area contributed by atoms with Crippen molar-refractivity contribution in [3.8, 4) is 0 Å². The Bertz CT molecular complexity index is 495. The molecule has 0 radical (unpaired) electrons. The number of halogens is 1. The van der Waals surface area contributed by atoms with Crippen LogP contribution in [-0.4, -0.2) is 30.6 Å². The van der Waals surface area contributed by atoms with Gasteiger partial charge in [0.25, 0.3) is 5.69 Å². The smallest absolute Gasteiger partial charge is 0.292 e. The van der Waals surface area contributed by atoms with Crippen LogP contribution in [0.3, 0.4) is 0 Å². The Morgan fingerprint density at radius 2 is 2.26 bits per heavy atom.